The van der Waals surface area contributed by atoms with Crippen molar-refractivity contribution in [1.29, 1.82) is 0 Å². The van der Waals surface area contributed by atoms with Crippen molar-refractivity contribution in [2.75, 3.05) is 19.8 Å². The number of rotatable bonds is 5. The first-order chi connectivity index (χ1) is 11.6. The lowest BCUT2D eigenvalue weighted by atomic mass is 9.88. The van der Waals surface area contributed by atoms with E-state index in [1.807, 2.05) is 17.5 Å². The number of carbonyl (C=O) groups excluding carboxylic acids is 1. The highest BCUT2D eigenvalue weighted by atomic mass is 35.5. The summed E-state index contributed by atoms with van der Waals surface area (Å²) in [5.74, 6) is 0.254. The second-order valence-corrected chi connectivity index (χ2v) is 7.37. The Bertz CT molecular complexity index is 700. The maximum atomic E-state index is 12.4. The Hall–Kier alpha value is -1.27. The number of carbonyl (C=O) groups is 1. The predicted octanol–water partition coefficient (Wildman–Crippen LogP) is 4.26. The SMILES string of the molecule is O=C(COc1ccc(Cl)cc1Cl)NC1(c2cccs2)CCOCC1. The van der Waals surface area contributed by atoms with E-state index in [9.17, 15) is 4.79 Å². The number of nitrogens with one attached hydrogen (secondary N) is 1. The molecular formula is C17H17Cl2NO3S. The second-order valence-electron chi connectivity index (χ2n) is 5.58. The van der Waals surface area contributed by atoms with Crippen molar-refractivity contribution in [3.63, 3.8) is 0 Å². The number of halogens is 2. The van der Waals surface area contributed by atoms with Crippen molar-refractivity contribution < 1.29 is 14.3 Å². The molecule has 1 aliphatic heterocycles. The van der Waals surface area contributed by atoms with E-state index in [0.29, 0.717) is 29.0 Å². The molecular weight excluding hydrogens is 369 g/mol. The van der Waals surface area contributed by atoms with Crippen LogP contribution in [0, 0.1) is 0 Å². The van der Waals surface area contributed by atoms with Crippen LogP contribution in [0.4, 0.5) is 0 Å². The molecule has 1 fully saturated rings. The Morgan fingerprint density at radius 2 is 2.08 bits per heavy atom. The lowest BCUT2D eigenvalue weighted by Gasteiger charge is -2.37. The molecule has 4 nitrogen and oxygen atoms in total. The first-order valence-electron chi connectivity index (χ1n) is 7.60. The average Bonchev–Trinajstić information content (AvgIpc) is 3.10. The Morgan fingerprint density at radius 3 is 2.75 bits per heavy atom. The summed E-state index contributed by atoms with van der Waals surface area (Å²) in [5, 5.41) is 6.06. The maximum absolute atomic E-state index is 12.4. The van der Waals surface area contributed by atoms with Gasteiger partial charge in [-0.1, -0.05) is 29.3 Å². The Labute approximate surface area is 154 Å². The molecule has 2 aromatic rings. The van der Waals surface area contributed by atoms with Crippen LogP contribution in [0.15, 0.2) is 35.7 Å². The van der Waals surface area contributed by atoms with E-state index in [0.717, 1.165) is 17.7 Å². The van der Waals surface area contributed by atoms with Gasteiger partial charge in [-0.05, 0) is 42.5 Å². The average molecular weight is 386 g/mol. The molecule has 0 bridgehead atoms. The lowest BCUT2D eigenvalue weighted by Crippen LogP contribution is -2.50. The van der Waals surface area contributed by atoms with E-state index in [4.69, 9.17) is 32.7 Å². The molecule has 1 saturated heterocycles. The fourth-order valence-corrected chi connectivity index (χ4v) is 4.15. The molecule has 0 spiro atoms. The number of benzene rings is 1. The molecule has 1 aromatic carbocycles. The molecule has 0 atom stereocenters. The standard InChI is InChI=1S/C17H17Cl2NO3S/c18-12-3-4-14(13(19)10-12)23-11-16(21)20-17(5-7-22-8-6-17)15-2-1-9-24-15/h1-4,9-10H,5-8,11H2,(H,20,21). The highest BCUT2D eigenvalue weighted by molar-refractivity contribution is 7.10. The van der Waals surface area contributed by atoms with Gasteiger partial charge in [0.05, 0.1) is 10.6 Å². The molecule has 3 rings (SSSR count). The molecule has 128 valence electrons. The predicted molar refractivity (Wildman–Crippen MR) is 96.1 cm³/mol. The van der Waals surface area contributed by atoms with Gasteiger partial charge in [-0.2, -0.15) is 0 Å². The molecule has 2 heterocycles. The minimum atomic E-state index is -0.378. The van der Waals surface area contributed by atoms with E-state index in [1.165, 1.54) is 0 Å². The molecule has 1 N–H and O–H groups in total. The van der Waals surface area contributed by atoms with Crippen molar-refractivity contribution >= 4 is 40.4 Å². The minimum Gasteiger partial charge on any atom is -0.482 e. The number of hydrogen-bond donors (Lipinski definition) is 1. The van der Waals surface area contributed by atoms with Crippen LogP contribution < -0.4 is 10.1 Å². The summed E-state index contributed by atoms with van der Waals surface area (Å²) in [4.78, 5) is 13.6. The fraction of sp³-hybridized carbons (Fsp3) is 0.353. The van der Waals surface area contributed by atoms with Crippen molar-refractivity contribution in [3.8, 4) is 5.75 Å². The third-order valence-corrected chi connectivity index (χ3v) is 5.58. The third-order valence-electron chi connectivity index (χ3n) is 3.97. The van der Waals surface area contributed by atoms with E-state index in [-0.39, 0.29) is 18.1 Å². The normalized spacial score (nSPS) is 16.6. The van der Waals surface area contributed by atoms with Gasteiger partial charge in [0, 0.05) is 23.1 Å². The van der Waals surface area contributed by atoms with Gasteiger partial charge in [0.15, 0.2) is 6.61 Å². The van der Waals surface area contributed by atoms with Crippen LogP contribution in [-0.2, 0) is 15.1 Å². The lowest BCUT2D eigenvalue weighted by molar-refractivity contribution is -0.126. The summed E-state index contributed by atoms with van der Waals surface area (Å²) < 4.78 is 11.0. The quantitative estimate of drug-likeness (QED) is 0.836. The summed E-state index contributed by atoms with van der Waals surface area (Å²) in [6.45, 7) is 1.15. The van der Waals surface area contributed by atoms with Crippen molar-refractivity contribution in [3.05, 3.63) is 50.6 Å². The van der Waals surface area contributed by atoms with Crippen LogP contribution in [0.5, 0.6) is 5.75 Å². The van der Waals surface area contributed by atoms with Gasteiger partial charge in [0.1, 0.15) is 5.75 Å². The van der Waals surface area contributed by atoms with Crippen LogP contribution in [-0.4, -0.2) is 25.7 Å². The van der Waals surface area contributed by atoms with Gasteiger partial charge in [-0.25, -0.2) is 0 Å². The van der Waals surface area contributed by atoms with E-state index >= 15 is 0 Å². The third kappa shape index (κ3) is 4.03. The summed E-state index contributed by atoms with van der Waals surface area (Å²) >= 11 is 13.6. The fourth-order valence-electron chi connectivity index (χ4n) is 2.74. The molecule has 24 heavy (non-hydrogen) atoms. The van der Waals surface area contributed by atoms with Gasteiger partial charge in [-0.15, -0.1) is 11.3 Å². The summed E-state index contributed by atoms with van der Waals surface area (Å²) in [5.41, 5.74) is -0.378. The molecule has 1 aromatic heterocycles. The topological polar surface area (TPSA) is 47.6 Å². The highest BCUT2D eigenvalue weighted by Gasteiger charge is 2.36. The molecule has 0 aliphatic carbocycles. The van der Waals surface area contributed by atoms with Crippen LogP contribution in [0.25, 0.3) is 0 Å². The van der Waals surface area contributed by atoms with Gasteiger partial charge in [0.2, 0.25) is 0 Å². The summed E-state index contributed by atoms with van der Waals surface area (Å²) in [6, 6.07) is 8.95. The van der Waals surface area contributed by atoms with Crippen molar-refractivity contribution in [1.82, 2.24) is 5.32 Å². The number of thiophene rings is 1. The monoisotopic (exact) mass is 385 g/mol. The summed E-state index contributed by atoms with van der Waals surface area (Å²) in [6.07, 6.45) is 1.50. The number of hydrogen-bond acceptors (Lipinski definition) is 4. The highest BCUT2D eigenvalue weighted by Crippen LogP contribution is 2.35. The smallest absolute Gasteiger partial charge is 0.258 e. The zero-order valence-corrected chi connectivity index (χ0v) is 15.2. The largest absolute Gasteiger partial charge is 0.482 e. The Kier molecular flexibility index (Phi) is 5.66. The molecule has 0 radical (unpaired) electrons. The summed E-state index contributed by atoms with van der Waals surface area (Å²) in [7, 11) is 0. The van der Waals surface area contributed by atoms with Crippen LogP contribution in [0.1, 0.15) is 17.7 Å². The number of amides is 1. The molecule has 0 unspecified atom stereocenters. The Balaban J connectivity index is 1.66. The first kappa shape index (κ1) is 17.5. The van der Waals surface area contributed by atoms with Gasteiger partial charge in [-0.3, -0.25) is 4.79 Å². The van der Waals surface area contributed by atoms with E-state index in [2.05, 4.69) is 5.32 Å². The molecule has 0 saturated carbocycles. The van der Waals surface area contributed by atoms with Crippen LogP contribution in [0.3, 0.4) is 0 Å². The molecule has 1 aliphatic rings. The van der Waals surface area contributed by atoms with Crippen LogP contribution >= 0.6 is 34.5 Å². The van der Waals surface area contributed by atoms with Gasteiger partial charge >= 0.3 is 0 Å². The van der Waals surface area contributed by atoms with Crippen LogP contribution in [0.2, 0.25) is 10.0 Å². The molecule has 1 amide bonds. The van der Waals surface area contributed by atoms with Gasteiger partial charge in [0.25, 0.3) is 5.91 Å². The zero-order valence-electron chi connectivity index (χ0n) is 12.9. The van der Waals surface area contributed by atoms with Crippen molar-refractivity contribution in [2.45, 2.75) is 18.4 Å². The van der Waals surface area contributed by atoms with E-state index < -0.39 is 0 Å². The minimum absolute atomic E-state index is 0.102. The number of ether oxygens (including phenoxy) is 2. The molecule has 7 heteroatoms. The van der Waals surface area contributed by atoms with Gasteiger partial charge < -0.3 is 14.8 Å². The van der Waals surface area contributed by atoms with Crippen molar-refractivity contribution in [2.24, 2.45) is 0 Å². The zero-order chi connectivity index (χ0) is 17.0. The van der Waals surface area contributed by atoms with E-state index in [1.54, 1.807) is 29.5 Å². The second kappa shape index (κ2) is 7.74. The Morgan fingerprint density at radius 1 is 1.29 bits per heavy atom. The maximum Gasteiger partial charge on any atom is 0.258 e. The first-order valence-corrected chi connectivity index (χ1v) is 9.23.